The molecular weight excluding hydrogens is 399 g/mol. The highest BCUT2D eigenvalue weighted by molar-refractivity contribution is 6.18. The summed E-state index contributed by atoms with van der Waals surface area (Å²) >= 11 is 0. The zero-order chi connectivity index (χ0) is 21.7. The van der Waals surface area contributed by atoms with E-state index in [1.807, 2.05) is 0 Å². The van der Waals surface area contributed by atoms with Crippen LogP contribution in [0.25, 0.3) is 0 Å². The van der Waals surface area contributed by atoms with Crippen LogP contribution in [0.1, 0.15) is 30.9 Å². The van der Waals surface area contributed by atoms with E-state index in [-0.39, 0.29) is 28.6 Å². The van der Waals surface area contributed by atoms with Gasteiger partial charge in [-0.2, -0.15) is 13.2 Å². The molecule has 0 saturated carbocycles. The summed E-state index contributed by atoms with van der Waals surface area (Å²) in [6.07, 6.45) is -2.39. The number of nitrogens with zero attached hydrogens (tertiary/aromatic N) is 2. The van der Waals surface area contributed by atoms with Crippen LogP contribution in [0, 0.1) is 5.41 Å². The van der Waals surface area contributed by atoms with E-state index >= 15 is 0 Å². The fourth-order valence-corrected chi connectivity index (χ4v) is 3.28. The Balaban J connectivity index is 1.97. The van der Waals surface area contributed by atoms with Crippen molar-refractivity contribution in [2.45, 2.75) is 38.4 Å². The largest absolute Gasteiger partial charge is 0.497 e. The molecule has 0 amide bonds. The summed E-state index contributed by atoms with van der Waals surface area (Å²) in [5.74, 6) is 0.713. The number of allylic oxidation sites excluding steroid dienone is 2. The smallest absolute Gasteiger partial charge is 0.393 e. The van der Waals surface area contributed by atoms with E-state index in [9.17, 15) is 13.2 Å². The zero-order valence-electron chi connectivity index (χ0n) is 16.8. The number of nitrogens with one attached hydrogen (secondary N) is 3. The molecule has 1 aromatic rings. The van der Waals surface area contributed by atoms with E-state index in [1.54, 1.807) is 13.0 Å². The SMILES string of the molecule is COc1ccc(C2=NN=C(NC3CCOCC3)N/C2=C\C(C)=N)c(CC(F)(F)F)c1. The first-order chi connectivity index (χ1) is 14.2. The van der Waals surface area contributed by atoms with E-state index in [4.69, 9.17) is 14.9 Å². The number of ether oxygens (including phenoxy) is 2. The maximum Gasteiger partial charge on any atom is 0.393 e. The van der Waals surface area contributed by atoms with Crippen molar-refractivity contribution < 1.29 is 22.6 Å². The normalized spacial score (nSPS) is 19.0. The molecule has 30 heavy (non-hydrogen) atoms. The van der Waals surface area contributed by atoms with Gasteiger partial charge in [-0.3, -0.25) is 0 Å². The highest BCUT2D eigenvalue weighted by Crippen LogP contribution is 2.28. The van der Waals surface area contributed by atoms with Crippen LogP contribution in [0.5, 0.6) is 5.75 Å². The average Bonchev–Trinajstić information content (AvgIpc) is 2.68. The molecule has 0 aromatic heterocycles. The molecule has 1 saturated heterocycles. The summed E-state index contributed by atoms with van der Waals surface area (Å²) < 4.78 is 49.9. The van der Waals surface area contributed by atoms with Gasteiger partial charge in [0.05, 0.1) is 19.2 Å². The van der Waals surface area contributed by atoms with Crippen molar-refractivity contribution >= 4 is 17.4 Å². The van der Waals surface area contributed by atoms with E-state index in [1.165, 1.54) is 25.3 Å². The molecule has 0 unspecified atom stereocenters. The van der Waals surface area contributed by atoms with Crippen LogP contribution in [0.3, 0.4) is 0 Å². The Hall–Kier alpha value is -2.88. The van der Waals surface area contributed by atoms with Gasteiger partial charge in [-0.15, -0.1) is 10.2 Å². The molecule has 0 radical (unpaired) electrons. The summed E-state index contributed by atoms with van der Waals surface area (Å²) in [4.78, 5) is 0. The third-order valence-corrected chi connectivity index (χ3v) is 4.64. The number of hydrogen-bond donors (Lipinski definition) is 3. The van der Waals surface area contributed by atoms with Crippen molar-refractivity contribution in [2.75, 3.05) is 20.3 Å². The van der Waals surface area contributed by atoms with Gasteiger partial charge >= 0.3 is 6.18 Å². The summed E-state index contributed by atoms with van der Waals surface area (Å²) in [6.45, 7) is 2.87. The Morgan fingerprint density at radius 1 is 1.33 bits per heavy atom. The van der Waals surface area contributed by atoms with Gasteiger partial charge in [0.15, 0.2) is 0 Å². The molecule has 0 bridgehead atoms. The number of rotatable bonds is 5. The van der Waals surface area contributed by atoms with Gasteiger partial charge < -0.3 is 25.5 Å². The predicted molar refractivity (Wildman–Crippen MR) is 108 cm³/mol. The van der Waals surface area contributed by atoms with Crippen molar-refractivity contribution in [2.24, 2.45) is 10.2 Å². The summed E-state index contributed by atoms with van der Waals surface area (Å²) in [5, 5.41) is 22.5. The van der Waals surface area contributed by atoms with E-state index < -0.39 is 12.6 Å². The van der Waals surface area contributed by atoms with Crippen LogP contribution in [0.4, 0.5) is 13.2 Å². The van der Waals surface area contributed by atoms with Gasteiger partial charge in [0.25, 0.3) is 0 Å². The third kappa shape index (κ3) is 5.82. The average molecular weight is 423 g/mol. The molecule has 2 aliphatic heterocycles. The predicted octanol–water partition coefficient (Wildman–Crippen LogP) is 3.16. The number of guanidine groups is 1. The van der Waals surface area contributed by atoms with Crippen molar-refractivity contribution in [3.05, 3.63) is 41.1 Å². The Bertz CT molecular complexity index is 887. The van der Waals surface area contributed by atoms with Crippen LogP contribution in [0.2, 0.25) is 0 Å². The van der Waals surface area contributed by atoms with Crippen LogP contribution in [-0.2, 0) is 11.2 Å². The molecule has 162 valence electrons. The number of alkyl halides is 3. The Labute approximate surface area is 172 Å². The lowest BCUT2D eigenvalue weighted by Gasteiger charge is -2.27. The highest BCUT2D eigenvalue weighted by atomic mass is 19.4. The first-order valence-corrected chi connectivity index (χ1v) is 9.53. The lowest BCUT2D eigenvalue weighted by molar-refractivity contribution is -0.127. The second-order valence-electron chi connectivity index (χ2n) is 7.11. The summed E-state index contributed by atoms with van der Waals surface area (Å²) in [5.41, 5.74) is 1.17. The van der Waals surface area contributed by atoms with Crippen molar-refractivity contribution in [3.8, 4) is 5.75 Å². The fraction of sp³-hybridized carbons (Fsp3) is 0.450. The van der Waals surface area contributed by atoms with Crippen molar-refractivity contribution in [1.82, 2.24) is 10.6 Å². The monoisotopic (exact) mass is 423 g/mol. The van der Waals surface area contributed by atoms with Gasteiger partial charge in [-0.1, -0.05) is 0 Å². The van der Waals surface area contributed by atoms with E-state index in [0.717, 1.165) is 12.8 Å². The van der Waals surface area contributed by atoms with Gasteiger partial charge in [0.1, 0.15) is 11.5 Å². The van der Waals surface area contributed by atoms with Crippen LogP contribution in [-0.4, -0.2) is 49.9 Å². The lowest BCUT2D eigenvalue weighted by atomic mass is 9.97. The van der Waals surface area contributed by atoms with Gasteiger partial charge in [-0.25, -0.2) is 0 Å². The zero-order valence-corrected chi connectivity index (χ0v) is 16.8. The minimum absolute atomic E-state index is 0.0203. The number of benzene rings is 1. The van der Waals surface area contributed by atoms with Crippen LogP contribution in [0.15, 0.2) is 40.2 Å². The van der Waals surface area contributed by atoms with E-state index in [2.05, 4.69) is 20.8 Å². The quantitative estimate of drug-likeness (QED) is 0.635. The molecule has 0 atom stereocenters. The second-order valence-corrected chi connectivity index (χ2v) is 7.11. The Kier molecular flexibility index (Phi) is 6.76. The number of halogens is 3. The van der Waals surface area contributed by atoms with Gasteiger partial charge in [-0.05, 0) is 49.6 Å². The molecule has 3 rings (SSSR count). The van der Waals surface area contributed by atoms with Crippen LogP contribution < -0.4 is 15.4 Å². The third-order valence-electron chi connectivity index (χ3n) is 4.64. The van der Waals surface area contributed by atoms with E-state index in [0.29, 0.717) is 30.6 Å². The molecule has 2 aliphatic rings. The van der Waals surface area contributed by atoms with Crippen molar-refractivity contribution in [1.29, 1.82) is 5.41 Å². The van der Waals surface area contributed by atoms with Crippen molar-refractivity contribution in [3.63, 3.8) is 0 Å². The minimum Gasteiger partial charge on any atom is -0.497 e. The molecule has 0 aliphatic carbocycles. The highest BCUT2D eigenvalue weighted by Gasteiger charge is 2.31. The van der Waals surface area contributed by atoms with Gasteiger partial charge in [0, 0.05) is 30.5 Å². The second kappa shape index (κ2) is 9.29. The molecule has 3 N–H and O–H groups in total. The standard InChI is InChI=1S/C20H24F3N5O2/c1-12(24)9-17-18(27-28-19(26-17)25-14-5-7-30-8-6-14)16-4-3-15(29-2)10-13(16)11-20(21,22)23/h3-4,9-10,14,24H,5-8,11H2,1-2H3,(H2,25,26,28)/b17-9-,24-12?. The summed E-state index contributed by atoms with van der Waals surface area (Å²) in [6, 6.07) is 4.61. The molecule has 1 fully saturated rings. The first kappa shape index (κ1) is 21.8. The van der Waals surface area contributed by atoms with Crippen LogP contribution >= 0.6 is 0 Å². The Morgan fingerprint density at radius 2 is 2.07 bits per heavy atom. The Morgan fingerprint density at radius 3 is 2.70 bits per heavy atom. The maximum absolute atomic E-state index is 13.2. The molecule has 10 heteroatoms. The maximum atomic E-state index is 13.2. The first-order valence-electron chi connectivity index (χ1n) is 9.53. The molecule has 7 nitrogen and oxygen atoms in total. The summed E-state index contributed by atoms with van der Waals surface area (Å²) in [7, 11) is 1.40. The molecule has 2 heterocycles. The molecule has 0 spiro atoms. The molecular formula is C20H24F3N5O2. The minimum atomic E-state index is -4.40. The number of hydrogen-bond acceptors (Lipinski definition) is 7. The topological polar surface area (TPSA) is 91.1 Å². The fourth-order valence-electron chi connectivity index (χ4n) is 3.28. The lowest BCUT2D eigenvalue weighted by Crippen LogP contribution is -2.47. The number of methoxy groups -OCH3 is 1. The molecule has 1 aromatic carbocycles. The van der Waals surface area contributed by atoms with Gasteiger partial charge in [0.2, 0.25) is 5.96 Å².